The summed E-state index contributed by atoms with van der Waals surface area (Å²) in [5.41, 5.74) is 2.52. The lowest BCUT2D eigenvalue weighted by molar-refractivity contribution is 0.0954. The molecule has 1 aromatic carbocycles. The van der Waals surface area contributed by atoms with Gasteiger partial charge in [0.2, 0.25) is 0 Å². The molecule has 6 nitrogen and oxygen atoms in total. The van der Waals surface area contributed by atoms with E-state index < -0.39 is 0 Å². The second kappa shape index (κ2) is 5.81. The summed E-state index contributed by atoms with van der Waals surface area (Å²) >= 11 is 0. The van der Waals surface area contributed by atoms with Crippen LogP contribution in [-0.2, 0) is 13.5 Å². The molecule has 0 aliphatic rings. The number of pyridine rings is 1. The lowest BCUT2D eigenvalue weighted by atomic mass is 10.1. The average Bonchev–Trinajstić information content (AvgIpc) is 3.19. The van der Waals surface area contributed by atoms with Gasteiger partial charge in [-0.15, -0.1) is 10.2 Å². The minimum atomic E-state index is -0.0769. The summed E-state index contributed by atoms with van der Waals surface area (Å²) in [5.74, 6) is 0.760. The van der Waals surface area contributed by atoms with Crippen molar-refractivity contribution >= 4 is 22.5 Å². The van der Waals surface area contributed by atoms with Gasteiger partial charge in [-0.05, 0) is 35.7 Å². The summed E-state index contributed by atoms with van der Waals surface area (Å²) in [7, 11) is 1.97. The molecule has 3 aromatic heterocycles. The van der Waals surface area contributed by atoms with Gasteiger partial charge in [-0.25, -0.2) is 0 Å². The van der Waals surface area contributed by atoms with E-state index in [0.717, 1.165) is 22.4 Å². The van der Waals surface area contributed by atoms with Crippen LogP contribution in [0.3, 0.4) is 0 Å². The predicted molar refractivity (Wildman–Crippen MR) is 91.9 cm³/mol. The maximum atomic E-state index is 12.4. The predicted octanol–water partition coefficient (Wildman–Crippen LogP) is 2.19. The third kappa shape index (κ3) is 2.52. The van der Waals surface area contributed by atoms with Crippen molar-refractivity contribution in [1.82, 2.24) is 24.5 Å². The maximum absolute atomic E-state index is 12.4. The van der Waals surface area contributed by atoms with Crippen molar-refractivity contribution in [2.24, 2.45) is 7.05 Å². The van der Waals surface area contributed by atoms with Gasteiger partial charge in [0.25, 0.3) is 5.91 Å². The highest BCUT2D eigenvalue weighted by molar-refractivity contribution is 5.98. The molecule has 4 rings (SSSR count). The Morgan fingerprint density at radius 1 is 1.12 bits per heavy atom. The van der Waals surface area contributed by atoms with Crippen molar-refractivity contribution in [2.45, 2.75) is 6.42 Å². The number of amides is 1. The number of fused-ring (bicyclic) bond motifs is 2. The third-order valence-corrected chi connectivity index (χ3v) is 4.17. The van der Waals surface area contributed by atoms with E-state index in [1.165, 1.54) is 0 Å². The number of aryl methyl sites for hydroxylation is 1. The number of hydrogen-bond donors (Lipinski definition) is 1. The number of carbonyl (C=O) groups is 1. The van der Waals surface area contributed by atoms with Gasteiger partial charge >= 0.3 is 0 Å². The van der Waals surface area contributed by atoms with Crippen LogP contribution >= 0.6 is 0 Å². The normalized spacial score (nSPS) is 11.2. The first-order chi connectivity index (χ1) is 11.7. The summed E-state index contributed by atoms with van der Waals surface area (Å²) in [6.07, 6.45) is 4.54. The van der Waals surface area contributed by atoms with Crippen LogP contribution in [0.25, 0.3) is 16.6 Å². The molecule has 0 radical (unpaired) electrons. The standard InChI is InChI=1S/C18H17N5O/c1-22-11-8-13-5-6-14(12-15(13)22)18(24)19-9-7-17-21-20-16-4-2-3-10-23(16)17/h2-6,8,10-12H,7,9H2,1H3,(H,19,24). The van der Waals surface area contributed by atoms with E-state index in [1.807, 2.05) is 70.9 Å². The van der Waals surface area contributed by atoms with Gasteiger partial charge in [0.05, 0.1) is 0 Å². The minimum absolute atomic E-state index is 0.0769. The Labute approximate surface area is 138 Å². The van der Waals surface area contributed by atoms with Crippen molar-refractivity contribution in [2.75, 3.05) is 6.54 Å². The number of nitrogens with one attached hydrogen (secondary N) is 1. The smallest absolute Gasteiger partial charge is 0.251 e. The third-order valence-electron chi connectivity index (χ3n) is 4.17. The Morgan fingerprint density at radius 2 is 2.04 bits per heavy atom. The Kier molecular flexibility index (Phi) is 3.49. The van der Waals surface area contributed by atoms with E-state index in [9.17, 15) is 4.79 Å². The minimum Gasteiger partial charge on any atom is -0.352 e. The van der Waals surface area contributed by atoms with E-state index in [2.05, 4.69) is 15.5 Å². The summed E-state index contributed by atoms with van der Waals surface area (Å²) < 4.78 is 3.94. The number of benzene rings is 1. The molecule has 1 amide bonds. The zero-order valence-corrected chi connectivity index (χ0v) is 13.3. The molecule has 0 fully saturated rings. The summed E-state index contributed by atoms with van der Waals surface area (Å²) in [4.78, 5) is 12.4. The molecule has 0 atom stereocenters. The van der Waals surface area contributed by atoms with Crippen molar-refractivity contribution in [3.63, 3.8) is 0 Å². The topological polar surface area (TPSA) is 64.2 Å². The molecule has 120 valence electrons. The lowest BCUT2D eigenvalue weighted by Gasteiger charge is -2.06. The second-order valence-electron chi connectivity index (χ2n) is 5.75. The summed E-state index contributed by atoms with van der Waals surface area (Å²) in [6, 6.07) is 13.5. The molecule has 0 unspecified atom stereocenters. The molecule has 0 bridgehead atoms. The molecular formula is C18H17N5O. The van der Waals surface area contributed by atoms with Gasteiger partial charge in [-0.1, -0.05) is 12.1 Å². The van der Waals surface area contributed by atoms with Crippen LogP contribution in [-0.4, -0.2) is 31.6 Å². The van der Waals surface area contributed by atoms with E-state index in [0.29, 0.717) is 18.5 Å². The van der Waals surface area contributed by atoms with Gasteiger partial charge in [0, 0.05) is 43.5 Å². The zero-order chi connectivity index (χ0) is 16.5. The molecule has 0 saturated carbocycles. The lowest BCUT2D eigenvalue weighted by Crippen LogP contribution is -2.26. The van der Waals surface area contributed by atoms with Crippen molar-refractivity contribution in [3.05, 3.63) is 66.2 Å². The molecule has 0 saturated heterocycles. The van der Waals surface area contributed by atoms with Crippen LogP contribution in [0.4, 0.5) is 0 Å². The molecule has 4 aromatic rings. The summed E-state index contributed by atoms with van der Waals surface area (Å²) in [6.45, 7) is 0.514. The second-order valence-corrected chi connectivity index (χ2v) is 5.75. The molecule has 24 heavy (non-hydrogen) atoms. The summed E-state index contributed by atoms with van der Waals surface area (Å²) in [5, 5.41) is 12.4. The van der Waals surface area contributed by atoms with Gasteiger partial charge in [0.15, 0.2) is 5.65 Å². The van der Waals surface area contributed by atoms with Crippen molar-refractivity contribution < 1.29 is 4.79 Å². The highest BCUT2D eigenvalue weighted by atomic mass is 16.1. The van der Waals surface area contributed by atoms with Crippen LogP contribution in [0.15, 0.2) is 54.9 Å². The molecule has 0 spiro atoms. The zero-order valence-electron chi connectivity index (χ0n) is 13.3. The van der Waals surface area contributed by atoms with E-state index in [1.54, 1.807) is 0 Å². The Hall–Kier alpha value is -3.15. The monoisotopic (exact) mass is 319 g/mol. The average molecular weight is 319 g/mol. The van der Waals surface area contributed by atoms with Crippen LogP contribution in [0.5, 0.6) is 0 Å². The van der Waals surface area contributed by atoms with Crippen LogP contribution in [0.1, 0.15) is 16.2 Å². The molecule has 1 N–H and O–H groups in total. The first kappa shape index (κ1) is 14.4. The van der Waals surface area contributed by atoms with Gasteiger partial charge < -0.3 is 9.88 Å². The molecule has 3 heterocycles. The number of rotatable bonds is 4. The van der Waals surface area contributed by atoms with E-state index >= 15 is 0 Å². The Balaban J connectivity index is 1.45. The molecule has 6 heteroatoms. The van der Waals surface area contributed by atoms with Crippen molar-refractivity contribution in [3.8, 4) is 0 Å². The molecule has 0 aliphatic heterocycles. The highest BCUT2D eigenvalue weighted by Crippen LogP contribution is 2.16. The van der Waals surface area contributed by atoms with E-state index in [4.69, 9.17) is 0 Å². The SMILES string of the molecule is Cn1ccc2ccc(C(=O)NCCc3nnc4ccccn34)cc21. The number of nitrogens with zero attached hydrogens (tertiary/aromatic N) is 4. The van der Waals surface area contributed by atoms with Crippen molar-refractivity contribution in [1.29, 1.82) is 0 Å². The highest BCUT2D eigenvalue weighted by Gasteiger charge is 2.09. The quantitative estimate of drug-likeness (QED) is 0.627. The largest absolute Gasteiger partial charge is 0.352 e. The van der Waals surface area contributed by atoms with Gasteiger partial charge in [0.1, 0.15) is 5.82 Å². The van der Waals surface area contributed by atoms with Crippen LogP contribution < -0.4 is 5.32 Å². The number of hydrogen-bond acceptors (Lipinski definition) is 3. The Morgan fingerprint density at radius 3 is 2.96 bits per heavy atom. The maximum Gasteiger partial charge on any atom is 0.251 e. The van der Waals surface area contributed by atoms with Crippen LogP contribution in [0, 0.1) is 0 Å². The van der Waals surface area contributed by atoms with Crippen LogP contribution in [0.2, 0.25) is 0 Å². The van der Waals surface area contributed by atoms with Gasteiger partial charge in [-0.3, -0.25) is 9.20 Å². The number of aromatic nitrogens is 4. The fourth-order valence-corrected chi connectivity index (χ4v) is 2.86. The molecule has 0 aliphatic carbocycles. The molecular weight excluding hydrogens is 302 g/mol. The fourth-order valence-electron chi connectivity index (χ4n) is 2.86. The van der Waals surface area contributed by atoms with E-state index in [-0.39, 0.29) is 5.91 Å². The van der Waals surface area contributed by atoms with Gasteiger partial charge in [-0.2, -0.15) is 0 Å². The number of carbonyl (C=O) groups excluding carboxylic acids is 1. The first-order valence-corrected chi connectivity index (χ1v) is 7.84. The first-order valence-electron chi connectivity index (χ1n) is 7.84. The Bertz CT molecular complexity index is 1030. The fraction of sp³-hybridized carbons (Fsp3) is 0.167.